The Kier molecular flexibility index (Phi) is 25.1. The minimum absolute atomic E-state index is 0.0362. The standard InChI is InChI=1S/C56H70N8O15/c1-32(2)27-42(52(74)63-45(56(78)79)31-37-19-21-38(66)22-20-37)61-50(72)40(23-25-46(67)68)59-55(77)48(33(3)65)64-51(73)41(24-26-47(69)70)58-53(75)44(30-36-17-11-6-12-18-36)62-54(76)43(29-35-15-9-5-10-16-35)60-49(71)39(57)28-34-13-7-4-8-14-34/h4-22,32-33,39-45,48,65-66H,23-31,57H2,1-3H3,(H,58,75)(H,59,77)(H,60,71)(H,61,72)(H,62,76)(H,63,74)(H,64,73)(H,67,68)(H,69,70)(H,78,79)/t33-,39+,40+,41+,42+,43+,44+,45+,48+/m1/s1. The number of nitrogens with two attached hydrogens (primary N) is 1. The van der Waals surface area contributed by atoms with E-state index >= 15 is 0 Å². The molecule has 0 spiro atoms. The van der Waals surface area contributed by atoms with E-state index in [0.717, 1.165) is 12.5 Å². The third kappa shape index (κ3) is 22.1. The number of phenolic OH excluding ortho intramolecular Hbond substituents is 1. The number of carboxylic acid groups (broad SMARTS) is 3. The van der Waals surface area contributed by atoms with E-state index in [1.54, 1.807) is 105 Å². The van der Waals surface area contributed by atoms with E-state index in [2.05, 4.69) is 37.2 Å². The van der Waals surface area contributed by atoms with Crippen LogP contribution in [-0.4, -0.2) is 139 Å². The van der Waals surface area contributed by atoms with Crippen LogP contribution in [0.15, 0.2) is 115 Å². The third-order valence-corrected chi connectivity index (χ3v) is 12.4. The lowest BCUT2D eigenvalue weighted by Crippen LogP contribution is -2.62. The lowest BCUT2D eigenvalue weighted by atomic mass is 10.00. The molecule has 0 bridgehead atoms. The molecule has 0 heterocycles. The first-order chi connectivity index (χ1) is 37.5. The van der Waals surface area contributed by atoms with E-state index in [9.17, 15) is 73.5 Å². The van der Waals surface area contributed by atoms with Gasteiger partial charge < -0.3 is 68.5 Å². The van der Waals surface area contributed by atoms with Crippen molar-refractivity contribution in [2.24, 2.45) is 11.7 Å². The summed E-state index contributed by atoms with van der Waals surface area (Å²) in [5, 5.41) is 67.0. The summed E-state index contributed by atoms with van der Waals surface area (Å²) in [4.78, 5) is 134. The number of carbonyl (C=O) groups excluding carboxylic acids is 7. The average Bonchev–Trinajstić information content (AvgIpc) is 3.43. The third-order valence-electron chi connectivity index (χ3n) is 12.4. The molecule has 23 nitrogen and oxygen atoms in total. The van der Waals surface area contributed by atoms with Gasteiger partial charge in [-0.1, -0.05) is 117 Å². The molecule has 0 aliphatic rings. The van der Waals surface area contributed by atoms with Crippen molar-refractivity contribution in [3.05, 3.63) is 138 Å². The summed E-state index contributed by atoms with van der Waals surface area (Å²) in [6, 6.07) is 19.4. The first kappa shape index (κ1) is 62.8. The van der Waals surface area contributed by atoms with Gasteiger partial charge in [0.2, 0.25) is 41.4 Å². The van der Waals surface area contributed by atoms with Crippen LogP contribution in [0.4, 0.5) is 0 Å². The maximum absolute atomic E-state index is 14.4. The number of carboxylic acids is 3. The van der Waals surface area contributed by atoms with Crippen molar-refractivity contribution in [2.45, 2.75) is 133 Å². The van der Waals surface area contributed by atoms with Gasteiger partial charge in [-0.05, 0) is 72.9 Å². The molecule has 79 heavy (non-hydrogen) atoms. The van der Waals surface area contributed by atoms with Crippen molar-refractivity contribution in [1.82, 2.24) is 37.2 Å². The summed E-state index contributed by atoms with van der Waals surface area (Å²) in [5.41, 5.74) is 8.70. The summed E-state index contributed by atoms with van der Waals surface area (Å²) in [7, 11) is 0. The molecule has 0 saturated carbocycles. The lowest BCUT2D eigenvalue weighted by molar-refractivity contribution is -0.142. The number of amides is 7. The first-order valence-electron chi connectivity index (χ1n) is 25.6. The second-order valence-corrected chi connectivity index (χ2v) is 19.5. The number of aliphatic carboxylic acids is 3. The van der Waals surface area contributed by atoms with Gasteiger partial charge in [-0.2, -0.15) is 0 Å². The summed E-state index contributed by atoms with van der Waals surface area (Å²) in [6.07, 6.45) is -4.66. The van der Waals surface area contributed by atoms with Gasteiger partial charge in [0.15, 0.2) is 0 Å². The Morgan fingerprint density at radius 1 is 0.418 bits per heavy atom. The molecule has 424 valence electrons. The van der Waals surface area contributed by atoms with Crippen molar-refractivity contribution in [1.29, 1.82) is 0 Å². The predicted octanol–water partition coefficient (Wildman–Crippen LogP) is 0.625. The van der Waals surface area contributed by atoms with E-state index < -0.39 is 139 Å². The number of nitrogens with one attached hydrogen (secondary N) is 7. The van der Waals surface area contributed by atoms with Crippen molar-refractivity contribution < 1.29 is 73.5 Å². The highest BCUT2D eigenvalue weighted by atomic mass is 16.4. The molecule has 0 aromatic heterocycles. The Morgan fingerprint density at radius 2 is 0.759 bits per heavy atom. The van der Waals surface area contributed by atoms with Crippen LogP contribution in [-0.2, 0) is 73.6 Å². The second-order valence-electron chi connectivity index (χ2n) is 19.5. The zero-order valence-electron chi connectivity index (χ0n) is 44.0. The zero-order chi connectivity index (χ0) is 58.2. The van der Waals surface area contributed by atoms with Crippen LogP contribution < -0.4 is 43.0 Å². The lowest BCUT2D eigenvalue weighted by Gasteiger charge is -2.29. The predicted molar refractivity (Wildman–Crippen MR) is 286 cm³/mol. The van der Waals surface area contributed by atoms with Gasteiger partial charge in [-0.15, -0.1) is 0 Å². The van der Waals surface area contributed by atoms with Gasteiger partial charge in [0, 0.05) is 32.1 Å². The number of aliphatic hydroxyl groups is 1. The van der Waals surface area contributed by atoms with Crippen LogP contribution in [0.25, 0.3) is 0 Å². The molecule has 0 saturated heterocycles. The second kappa shape index (κ2) is 31.5. The Labute approximate surface area is 456 Å². The number of benzene rings is 4. The van der Waals surface area contributed by atoms with Crippen LogP contribution in [0.2, 0.25) is 0 Å². The van der Waals surface area contributed by atoms with Crippen molar-refractivity contribution >= 4 is 59.3 Å². The highest BCUT2D eigenvalue weighted by Gasteiger charge is 2.36. The SMILES string of the molecule is CC(C)C[C@H](NC(=O)[C@H](CCC(=O)O)NC(=O)[C@@H](NC(=O)[C@H](CCC(=O)O)NC(=O)[C@H](Cc1ccccc1)NC(=O)[C@H](Cc1ccccc1)NC(=O)[C@@H](N)Cc1ccccc1)[C@@H](C)O)C(=O)N[C@@H](Cc1ccc(O)cc1)C(=O)O. The molecular weight excluding hydrogens is 1020 g/mol. The summed E-state index contributed by atoms with van der Waals surface area (Å²) >= 11 is 0. The number of aliphatic hydroxyl groups excluding tert-OH is 1. The van der Waals surface area contributed by atoms with Crippen LogP contribution in [0.1, 0.15) is 75.1 Å². The highest BCUT2D eigenvalue weighted by Crippen LogP contribution is 2.15. The summed E-state index contributed by atoms with van der Waals surface area (Å²) in [6.45, 7) is 4.50. The molecular formula is C56H70N8O15. The van der Waals surface area contributed by atoms with Gasteiger partial charge in [-0.25, -0.2) is 4.79 Å². The minimum atomic E-state index is -1.95. The molecule has 14 N–H and O–H groups in total. The van der Waals surface area contributed by atoms with E-state index in [-0.39, 0.29) is 43.8 Å². The fraction of sp³-hybridized carbons (Fsp3) is 0.393. The number of rotatable bonds is 32. The number of aromatic hydroxyl groups is 1. The van der Waals surface area contributed by atoms with Gasteiger partial charge in [-0.3, -0.25) is 43.2 Å². The highest BCUT2D eigenvalue weighted by molar-refractivity contribution is 5.98. The monoisotopic (exact) mass is 1090 g/mol. The van der Waals surface area contributed by atoms with Gasteiger partial charge in [0.1, 0.15) is 48.0 Å². The van der Waals surface area contributed by atoms with E-state index in [0.29, 0.717) is 16.7 Å². The molecule has 7 amide bonds. The Balaban J connectivity index is 1.57. The molecule has 0 radical (unpaired) electrons. The van der Waals surface area contributed by atoms with Crippen LogP contribution in [0.3, 0.4) is 0 Å². The van der Waals surface area contributed by atoms with Gasteiger partial charge >= 0.3 is 17.9 Å². The van der Waals surface area contributed by atoms with E-state index in [1.165, 1.54) is 24.3 Å². The first-order valence-corrected chi connectivity index (χ1v) is 25.6. The number of carbonyl (C=O) groups is 10. The molecule has 4 rings (SSSR count). The Morgan fingerprint density at radius 3 is 1.19 bits per heavy atom. The average molecular weight is 1100 g/mol. The molecule has 9 atom stereocenters. The molecule has 0 aliphatic heterocycles. The van der Waals surface area contributed by atoms with Crippen LogP contribution >= 0.6 is 0 Å². The Bertz CT molecular complexity index is 2700. The Hall–Kier alpha value is -8.70. The number of phenols is 1. The van der Waals surface area contributed by atoms with Gasteiger partial charge in [0.25, 0.3) is 0 Å². The maximum Gasteiger partial charge on any atom is 0.326 e. The maximum atomic E-state index is 14.4. The number of hydrogen-bond donors (Lipinski definition) is 13. The molecule has 0 aliphatic carbocycles. The normalized spacial score (nSPS) is 14.5. The van der Waals surface area contributed by atoms with Crippen molar-refractivity contribution in [2.75, 3.05) is 0 Å². The minimum Gasteiger partial charge on any atom is -0.508 e. The van der Waals surface area contributed by atoms with E-state index in [1.807, 2.05) is 0 Å². The smallest absolute Gasteiger partial charge is 0.326 e. The fourth-order valence-corrected chi connectivity index (χ4v) is 8.21. The molecule has 4 aromatic rings. The quantitative estimate of drug-likeness (QED) is 0.0319. The molecule has 0 fully saturated rings. The van der Waals surface area contributed by atoms with E-state index in [4.69, 9.17) is 5.73 Å². The summed E-state index contributed by atoms with van der Waals surface area (Å²) in [5.74, 6) is -11.5. The molecule has 0 unspecified atom stereocenters. The topological polar surface area (TPSA) is 382 Å². The van der Waals surface area contributed by atoms with Crippen LogP contribution in [0, 0.1) is 5.92 Å². The van der Waals surface area contributed by atoms with Gasteiger partial charge in [0.05, 0.1) is 12.1 Å². The summed E-state index contributed by atoms with van der Waals surface area (Å²) < 4.78 is 0. The van der Waals surface area contributed by atoms with Crippen molar-refractivity contribution in [3.63, 3.8) is 0 Å². The number of hydrogen-bond acceptors (Lipinski definition) is 13. The van der Waals surface area contributed by atoms with Crippen molar-refractivity contribution in [3.8, 4) is 5.75 Å². The molecule has 4 aromatic carbocycles. The largest absolute Gasteiger partial charge is 0.508 e. The fourth-order valence-electron chi connectivity index (χ4n) is 8.21. The molecule has 23 heteroatoms. The zero-order valence-corrected chi connectivity index (χ0v) is 44.0. The van der Waals surface area contributed by atoms with Crippen LogP contribution in [0.5, 0.6) is 5.75 Å².